The Bertz CT molecular complexity index is 226. The van der Waals surface area contributed by atoms with E-state index >= 15 is 0 Å². The van der Waals surface area contributed by atoms with E-state index in [1.54, 1.807) is 6.92 Å². The van der Waals surface area contributed by atoms with Crippen molar-refractivity contribution in [2.75, 3.05) is 32.8 Å². The fourth-order valence-electron chi connectivity index (χ4n) is 1.91. The summed E-state index contributed by atoms with van der Waals surface area (Å²) in [5.41, 5.74) is 0. The molecule has 92 valence electrons. The first-order valence-electron chi connectivity index (χ1n) is 6.23. The summed E-state index contributed by atoms with van der Waals surface area (Å²) in [5.74, 6) is 5.40. The number of hydrogen-bond acceptors (Lipinski definition) is 3. The summed E-state index contributed by atoms with van der Waals surface area (Å²) < 4.78 is 5.48. The molecule has 0 bridgehead atoms. The SMILES string of the molecule is CC#CC(O)CCOCCN1CCCCC1. The molecule has 1 aliphatic heterocycles. The van der Waals surface area contributed by atoms with Gasteiger partial charge in [-0.2, -0.15) is 0 Å². The van der Waals surface area contributed by atoms with E-state index in [9.17, 15) is 5.11 Å². The Hall–Kier alpha value is -0.560. The molecule has 1 saturated heterocycles. The van der Waals surface area contributed by atoms with Crippen molar-refractivity contribution in [1.82, 2.24) is 4.90 Å². The Labute approximate surface area is 98.8 Å². The fourth-order valence-corrected chi connectivity index (χ4v) is 1.91. The summed E-state index contributed by atoms with van der Waals surface area (Å²) in [7, 11) is 0. The molecular formula is C13H23NO2. The van der Waals surface area contributed by atoms with E-state index in [1.165, 1.54) is 32.4 Å². The third-order valence-electron chi connectivity index (χ3n) is 2.85. The topological polar surface area (TPSA) is 32.7 Å². The fraction of sp³-hybridized carbons (Fsp3) is 0.846. The molecule has 0 spiro atoms. The summed E-state index contributed by atoms with van der Waals surface area (Å²) in [6.07, 6.45) is 4.11. The molecule has 0 aliphatic carbocycles. The zero-order chi connectivity index (χ0) is 11.6. The minimum Gasteiger partial charge on any atom is -0.380 e. The van der Waals surface area contributed by atoms with Crippen molar-refractivity contribution in [1.29, 1.82) is 0 Å². The van der Waals surface area contributed by atoms with Crippen LogP contribution in [0.3, 0.4) is 0 Å². The monoisotopic (exact) mass is 225 g/mol. The third-order valence-corrected chi connectivity index (χ3v) is 2.85. The molecule has 0 aromatic rings. The van der Waals surface area contributed by atoms with E-state index in [4.69, 9.17) is 4.74 Å². The van der Waals surface area contributed by atoms with Crippen molar-refractivity contribution in [2.45, 2.75) is 38.7 Å². The van der Waals surface area contributed by atoms with Crippen molar-refractivity contribution in [3.63, 3.8) is 0 Å². The smallest absolute Gasteiger partial charge is 0.116 e. The van der Waals surface area contributed by atoms with Crippen molar-refractivity contribution >= 4 is 0 Å². The van der Waals surface area contributed by atoms with E-state index in [0.29, 0.717) is 13.0 Å². The van der Waals surface area contributed by atoms with Gasteiger partial charge >= 0.3 is 0 Å². The van der Waals surface area contributed by atoms with E-state index < -0.39 is 6.10 Å². The predicted molar refractivity (Wildman–Crippen MR) is 65.2 cm³/mol. The molecule has 1 unspecified atom stereocenters. The molecule has 1 rings (SSSR count). The molecule has 0 aromatic carbocycles. The Balaban J connectivity index is 1.92. The average molecular weight is 225 g/mol. The number of ether oxygens (including phenoxy) is 1. The molecule has 0 saturated carbocycles. The third kappa shape index (κ3) is 6.12. The standard InChI is InChI=1S/C13H23NO2/c1-2-6-13(15)7-11-16-12-10-14-8-4-3-5-9-14/h13,15H,3-5,7-12H2,1H3. The van der Waals surface area contributed by atoms with Gasteiger partial charge in [0.05, 0.1) is 13.2 Å². The Morgan fingerprint density at radius 2 is 2.00 bits per heavy atom. The number of rotatable bonds is 6. The lowest BCUT2D eigenvalue weighted by Crippen LogP contribution is -2.32. The number of likely N-dealkylation sites (tertiary alicyclic amines) is 1. The Morgan fingerprint density at radius 3 is 2.69 bits per heavy atom. The second-order valence-electron chi connectivity index (χ2n) is 4.21. The molecule has 0 aromatic heterocycles. The molecule has 1 heterocycles. The Kier molecular flexibility index (Phi) is 7.24. The van der Waals surface area contributed by atoms with Crippen LogP contribution in [0.1, 0.15) is 32.6 Å². The molecule has 0 radical (unpaired) electrons. The number of nitrogens with zero attached hydrogens (tertiary/aromatic N) is 1. The van der Waals surface area contributed by atoms with Crippen LogP contribution < -0.4 is 0 Å². The lowest BCUT2D eigenvalue weighted by Gasteiger charge is -2.26. The second-order valence-corrected chi connectivity index (χ2v) is 4.21. The van der Waals surface area contributed by atoms with Crippen LogP contribution in [-0.2, 0) is 4.74 Å². The van der Waals surface area contributed by atoms with E-state index in [0.717, 1.165) is 13.2 Å². The van der Waals surface area contributed by atoms with Crippen molar-refractivity contribution in [2.24, 2.45) is 0 Å². The number of piperidine rings is 1. The largest absolute Gasteiger partial charge is 0.380 e. The van der Waals surface area contributed by atoms with Gasteiger partial charge in [0.25, 0.3) is 0 Å². The highest BCUT2D eigenvalue weighted by atomic mass is 16.5. The van der Waals surface area contributed by atoms with Gasteiger partial charge in [-0.15, -0.1) is 5.92 Å². The van der Waals surface area contributed by atoms with Gasteiger partial charge < -0.3 is 14.7 Å². The second kappa shape index (κ2) is 8.58. The number of aliphatic hydroxyl groups is 1. The molecule has 1 N–H and O–H groups in total. The Morgan fingerprint density at radius 1 is 1.25 bits per heavy atom. The van der Waals surface area contributed by atoms with Crippen LogP contribution >= 0.6 is 0 Å². The van der Waals surface area contributed by atoms with E-state index in [2.05, 4.69) is 16.7 Å². The van der Waals surface area contributed by atoms with Gasteiger partial charge in [-0.1, -0.05) is 12.3 Å². The first-order chi connectivity index (χ1) is 7.83. The quantitative estimate of drug-likeness (QED) is 0.546. The normalized spacial score (nSPS) is 18.9. The zero-order valence-corrected chi connectivity index (χ0v) is 10.2. The first-order valence-corrected chi connectivity index (χ1v) is 6.23. The predicted octanol–water partition coefficient (Wildman–Crippen LogP) is 1.26. The van der Waals surface area contributed by atoms with Gasteiger partial charge in [0, 0.05) is 13.0 Å². The summed E-state index contributed by atoms with van der Waals surface area (Å²) >= 11 is 0. The molecule has 0 amide bonds. The van der Waals surface area contributed by atoms with Gasteiger partial charge in [0.1, 0.15) is 6.10 Å². The number of hydrogen-bond donors (Lipinski definition) is 1. The summed E-state index contributed by atoms with van der Waals surface area (Å²) in [4.78, 5) is 2.45. The minimum absolute atomic E-state index is 0.528. The lowest BCUT2D eigenvalue weighted by molar-refractivity contribution is 0.0771. The maximum atomic E-state index is 9.33. The van der Waals surface area contributed by atoms with E-state index in [-0.39, 0.29) is 0 Å². The average Bonchev–Trinajstić information content (AvgIpc) is 2.30. The molecule has 1 aliphatic rings. The van der Waals surface area contributed by atoms with Crippen molar-refractivity contribution in [3.05, 3.63) is 0 Å². The maximum absolute atomic E-state index is 9.33. The van der Waals surface area contributed by atoms with E-state index in [1.807, 2.05) is 0 Å². The van der Waals surface area contributed by atoms with Crippen LogP contribution in [0, 0.1) is 11.8 Å². The lowest BCUT2D eigenvalue weighted by atomic mass is 10.1. The highest BCUT2D eigenvalue weighted by Crippen LogP contribution is 2.07. The molecule has 16 heavy (non-hydrogen) atoms. The summed E-state index contributed by atoms with van der Waals surface area (Å²) in [6.45, 7) is 6.56. The van der Waals surface area contributed by atoms with Crippen LogP contribution in [0.15, 0.2) is 0 Å². The van der Waals surface area contributed by atoms with Gasteiger partial charge in [-0.3, -0.25) is 0 Å². The number of aliphatic hydroxyl groups excluding tert-OH is 1. The van der Waals surface area contributed by atoms with Gasteiger partial charge in [-0.25, -0.2) is 0 Å². The molecular weight excluding hydrogens is 202 g/mol. The molecule has 1 atom stereocenters. The highest BCUT2D eigenvalue weighted by molar-refractivity contribution is 5.01. The van der Waals surface area contributed by atoms with Crippen LogP contribution in [-0.4, -0.2) is 49.0 Å². The molecule has 3 nitrogen and oxygen atoms in total. The molecule has 3 heteroatoms. The minimum atomic E-state index is -0.528. The van der Waals surface area contributed by atoms with Gasteiger partial charge in [-0.05, 0) is 32.9 Å². The van der Waals surface area contributed by atoms with Crippen LogP contribution in [0.25, 0.3) is 0 Å². The van der Waals surface area contributed by atoms with Crippen LogP contribution in [0.4, 0.5) is 0 Å². The summed E-state index contributed by atoms with van der Waals surface area (Å²) in [6, 6.07) is 0. The van der Waals surface area contributed by atoms with Crippen LogP contribution in [0.2, 0.25) is 0 Å². The van der Waals surface area contributed by atoms with Crippen LogP contribution in [0.5, 0.6) is 0 Å². The highest BCUT2D eigenvalue weighted by Gasteiger charge is 2.09. The van der Waals surface area contributed by atoms with Crippen molar-refractivity contribution in [3.8, 4) is 11.8 Å². The van der Waals surface area contributed by atoms with Crippen molar-refractivity contribution < 1.29 is 9.84 Å². The zero-order valence-electron chi connectivity index (χ0n) is 10.2. The van der Waals surface area contributed by atoms with Gasteiger partial charge in [0.15, 0.2) is 0 Å². The summed E-state index contributed by atoms with van der Waals surface area (Å²) in [5, 5.41) is 9.33. The van der Waals surface area contributed by atoms with Gasteiger partial charge in [0.2, 0.25) is 0 Å². The maximum Gasteiger partial charge on any atom is 0.116 e. The molecule has 1 fully saturated rings. The first kappa shape index (κ1) is 13.5.